The van der Waals surface area contributed by atoms with Crippen LogP contribution in [0, 0.1) is 13.8 Å². The fourth-order valence-electron chi connectivity index (χ4n) is 3.48. The molecule has 2 N–H and O–H groups in total. The summed E-state index contributed by atoms with van der Waals surface area (Å²) in [5.74, 6) is -0.936. The van der Waals surface area contributed by atoms with Gasteiger partial charge in [0.2, 0.25) is 0 Å². The van der Waals surface area contributed by atoms with Gasteiger partial charge in [-0.3, -0.25) is 4.98 Å². The van der Waals surface area contributed by atoms with Crippen LogP contribution in [0.4, 0.5) is 5.69 Å². The van der Waals surface area contributed by atoms with E-state index in [-0.39, 0.29) is 5.56 Å². The van der Waals surface area contributed by atoms with Gasteiger partial charge in [-0.15, -0.1) is 0 Å². The molecule has 1 heterocycles. The number of aromatic carboxylic acids is 1. The Hall–Kier alpha value is -2.92. The van der Waals surface area contributed by atoms with Gasteiger partial charge >= 0.3 is 5.97 Å². The van der Waals surface area contributed by atoms with E-state index in [2.05, 4.69) is 37.4 Å². The Kier molecular flexibility index (Phi) is 9.47. The number of nitrogens with zero attached hydrogens (tertiary/aromatic N) is 1. The van der Waals surface area contributed by atoms with Crippen molar-refractivity contribution in [2.45, 2.75) is 54.0 Å². The third-order valence-corrected chi connectivity index (χ3v) is 4.95. The number of carbonyl (C=O) groups is 1. The molecular weight excluding hydrogens is 388 g/mol. The highest BCUT2D eigenvalue weighted by atomic mass is 16.5. The molecule has 0 radical (unpaired) electrons. The molecule has 5 nitrogen and oxygen atoms in total. The number of benzene rings is 2. The van der Waals surface area contributed by atoms with E-state index < -0.39 is 5.97 Å². The molecule has 0 saturated heterocycles. The molecule has 0 aliphatic carbocycles. The molecule has 31 heavy (non-hydrogen) atoms. The molecule has 166 valence electrons. The summed E-state index contributed by atoms with van der Waals surface area (Å²) in [5, 5.41) is 13.8. The van der Waals surface area contributed by atoms with Crippen LogP contribution in [0.25, 0.3) is 10.9 Å². The second-order valence-corrected chi connectivity index (χ2v) is 7.29. The zero-order chi connectivity index (χ0) is 22.8. The molecule has 0 spiro atoms. The van der Waals surface area contributed by atoms with E-state index in [1.165, 1.54) is 5.56 Å². The molecule has 3 aromatic rings. The lowest BCUT2D eigenvalue weighted by molar-refractivity contribution is 0.0698. The Morgan fingerprint density at radius 3 is 2.52 bits per heavy atom. The molecule has 0 fully saturated rings. The zero-order valence-electron chi connectivity index (χ0n) is 19.3. The van der Waals surface area contributed by atoms with Crippen LogP contribution in [0.5, 0.6) is 0 Å². The minimum absolute atomic E-state index is 0.271. The Morgan fingerprint density at radius 2 is 1.81 bits per heavy atom. The number of hydrogen-bond donors (Lipinski definition) is 2. The van der Waals surface area contributed by atoms with Crippen molar-refractivity contribution in [2.75, 3.05) is 18.5 Å². The van der Waals surface area contributed by atoms with Gasteiger partial charge in [0.25, 0.3) is 0 Å². The predicted octanol–water partition coefficient (Wildman–Crippen LogP) is 6.16. The van der Waals surface area contributed by atoms with Crippen molar-refractivity contribution in [3.8, 4) is 0 Å². The molecule has 0 saturated carbocycles. The number of nitrogens with one attached hydrogen (secondary N) is 1. The van der Waals surface area contributed by atoms with Crippen LogP contribution in [0.15, 0.2) is 42.5 Å². The first-order chi connectivity index (χ1) is 15.0. The Morgan fingerprint density at radius 1 is 1.06 bits per heavy atom. The van der Waals surface area contributed by atoms with Crippen LogP contribution in [0.3, 0.4) is 0 Å². The quantitative estimate of drug-likeness (QED) is 0.404. The summed E-state index contributed by atoms with van der Waals surface area (Å²) in [5.41, 5.74) is 6.29. The second kappa shape index (κ2) is 12.1. The minimum Gasteiger partial charge on any atom is -0.478 e. The van der Waals surface area contributed by atoms with E-state index in [0.717, 1.165) is 47.2 Å². The van der Waals surface area contributed by atoms with Crippen molar-refractivity contribution < 1.29 is 14.6 Å². The highest BCUT2D eigenvalue weighted by Gasteiger charge is 2.11. The molecule has 1 aromatic heterocycles. The second-order valence-electron chi connectivity index (χ2n) is 7.29. The molecule has 2 aromatic carbocycles. The lowest BCUT2D eigenvalue weighted by Gasteiger charge is -2.14. The van der Waals surface area contributed by atoms with E-state index in [4.69, 9.17) is 9.72 Å². The van der Waals surface area contributed by atoms with Crippen LogP contribution in [-0.4, -0.2) is 29.3 Å². The number of hydrogen-bond acceptors (Lipinski definition) is 4. The largest absolute Gasteiger partial charge is 0.478 e. The minimum atomic E-state index is -0.936. The third kappa shape index (κ3) is 6.53. The number of para-hydroxylation sites is 1. The number of pyridine rings is 1. The maximum Gasteiger partial charge on any atom is 0.337 e. The zero-order valence-corrected chi connectivity index (χ0v) is 19.3. The summed E-state index contributed by atoms with van der Waals surface area (Å²) < 4.78 is 5.65. The van der Waals surface area contributed by atoms with Gasteiger partial charge in [0.15, 0.2) is 0 Å². The van der Waals surface area contributed by atoms with Crippen molar-refractivity contribution in [2.24, 2.45) is 0 Å². The van der Waals surface area contributed by atoms with Crippen LogP contribution >= 0.6 is 0 Å². The van der Waals surface area contributed by atoms with Gasteiger partial charge in [-0.25, -0.2) is 4.79 Å². The van der Waals surface area contributed by atoms with Crippen molar-refractivity contribution in [1.29, 1.82) is 0 Å². The maximum absolute atomic E-state index is 11.5. The molecule has 0 aliphatic heterocycles. The summed E-state index contributed by atoms with van der Waals surface area (Å²) in [6, 6.07) is 13.4. The number of aromatic nitrogens is 1. The van der Waals surface area contributed by atoms with Crippen LogP contribution in [-0.2, 0) is 17.7 Å². The molecule has 0 unspecified atom stereocenters. The average Bonchev–Trinajstić information content (AvgIpc) is 2.77. The summed E-state index contributed by atoms with van der Waals surface area (Å²) >= 11 is 0. The normalized spacial score (nSPS) is 10.5. The highest BCUT2D eigenvalue weighted by molar-refractivity contribution is 5.94. The molecule has 0 bridgehead atoms. The highest BCUT2D eigenvalue weighted by Crippen LogP contribution is 2.25. The van der Waals surface area contributed by atoms with E-state index >= 15 is 0 Å². The van der Waals surface area contributed by atoms with Gasteiger partial charge in [0.05, 0.1) is 17.7 Å². The first kappa shape index (κ1) is 24.4. The van der Waals surface area contributed by atoms with Gasteiger partial charge in [0, 0.05) is 29.9 Å². The van der Waals surface area contributed by atoms with Crippen LogP contribution < -0.4 is 5.32 Å². The van der Waals surface area contributed by atoms with E-state index in [0.29, 0.717) is 18.8 Å². The smallest absolute Gasteiger partial charge is 0.337 e. The fraction of sp³-hybridized carbons (Fsp3) is 0.385. The van der Waals surface area contributed by atoms with Gasteiger partial charge < -0.3 is 15.2 Å². The number of aryl methyl sites for hydroxylation is 2. The molecule has 5 heteroatoms. The summed E-state index contributed by atoms with van der Waals surface area (Å²) in [4.78, 5) is 16.3. The first-order valence-electron chi connectivity index (χ1n) is 11.0. The SMILES string of the molecule is CC.CCCOCCc1cc2c(CNc3ccccc3C(=O)O)cc(C)cc2nc1C. The van der Waals surface area contributed by atoms with E-state index in [1.807, 2.05) is 26.8 Å². The standard InChI is InChI=1S/C24H28N2O3.C2H6/c1-4-10-29-11-9-18-14-21-19(12-16(2)13-23(21)26-17(18)3)15-25-22-8-6-5-7-20(22)24(27)28;1-2/h5-8,12-14,25H,4,9-11,15H2,1-3H3,(H,27,28);1-2H3. The number of fused-ring (bicyclic) bond motifs is 1. The molecule has 0 aliphatic rings. The Labute approximate surface area is 185 Å². The average molecular weight is 423 g/mol. The third-order valence-electron chi connectivity index (χ3n) is 4.95. The first-order valence-corrected chi connectivity index (χ1v) is 11.0. The number of carboxylic acid groups (broad SMARTS) is 1. The van der Waals surface area contributed by atoms with Gasteiger partial charge in [-0.1, -0.05) is 39.0 Å². The molecular formula is C26H34N2O3. The van der Waals surface area contributed by atoms with Crippen LogP contribution in [0.2, 0.25) is 0 Å². The van der Waals surface area contributed by atoms with Gasteiger partial charge in [-0.05, 0) is 67.6 Å². The van der Waals surface area contributed by atoms with Crippen molar-refractivity contribution in [1.82, 2.24) is 4.98 Å². The number of ether oxygens (including phenoxy) is 1. The predicted molar refractivity (Wildman–Crippen MR) is 128 cm³/mol. The summed E-state index contributed by atoms with van der Waals surface area (Å²) in [7, 11) is 0. The number of anilines is 1. The number of rotatable bonds is 9. The Balaban J connectivity index is 0.00000166. The summed E-state index contributed by atoms with van der Waals surface area (Å²) in [6.45, 7) is 12.2. The lowest BCUT2D eigenvalue weighted by atomic mass is 10.0. The molecule has 3 rings (SSSR count). The van der Waals surface area contributed by atoms with Crippen LogP contribution in [0.1, 0.15) is 59.9 Å². The maximum atomic E-state index is 11.5. The topological polar surface area (TPSA) is 71.5 Å². The molecule has 0 amide bonds. The van der Waals surface area contributed by atoms with Crippen molar-refractivity contribution >= 4 is 22.6 Å². The van der Waals surface area contributed by atoms with Crippen molar-refractivity contribution in [3.63, 3.8) is 0 Å². The van der Waals surface area contributed by atoms with Gasteiger partial charge in [-0.2, -0.15) is 0 Å². The Bertz CT molecular complexity index is 1010. The lowest BCUT2D eigenvalue weighted by Crippen LogP contribution is -2.07. The fourth-order valence-corrected chi connectivity index (χ4v) is 3.48. The monoisotopic (exact) mass is 422 g/mol. The number of carboxylic acids is 1. The van der Waals surface area contributed by atoms with Crippen molar-refractivity contribution in [3.05, 3.63) is 70.4 Å². The molecule has 0 atom stereocenters. The summed E-state index contributed by atoms with van der Waals surface area (Å²) in [6.07, 6.45) is 1.85. The van der Waals surface area contributed by atoms with E-state index in [1.54, 1.807) is 18.2 Å². The van der Waals surface area contributed by atoms with Gasteiger partial charge in [0.1, 0.15) is 0 Å². The van der Waals surface area contributed by atoms with E-state index in [9.17, 15) is 9.90 Å².